The smallest absolute Gasteiger partial charge is 0.191 e. The maximum Gasteiger partial charge on any atom is 0.191 e. The van der Waals surface area contributed by atoms with E-state index in [-0.39, 0.29) is 24.0 Å². The highest BCUT2D eigenvalue weighted by Crippen LogP contribution is 2.12. The van der Waals surface area contributed by atoms with E-state index in [1.807, 2.05) is 30.8 Å². The third-order valence-electron chi connectivity index (χ3n) is 3.98. The van der Waals surface area contributed by atoms with Crippen molar-refractivity contribution in [2.45, 2.75) is 40.7 Å². The van der Waals surface area contributed by atoms with Crippen LogP contribution >= 0.6 is 24.0 Å². The fourth-order valence-corrected chi connectivity index (χ4v) is 2.44. The molecule has 0 atom stereocenters. The van der Waals surface area contributed by atoms with Crippen molar-refractivity contribution >= 4 is 29.9 Å². The first-order valence-corrected chi connectivity index (χ1v) is 8.51. The van der Waals surface area contributed by atoms with Crippen LogP contribution < -0.4 is 10.6 Å². The Morgan fingerprint density at radius 1 is 1.32 bits per heavy atom. The quantitative estimate of drug-likeness (QED) is 0.379. The van der Waals surface area contributed by atoms with Gasteiger partial charge >= 0.3 is 0 Å². The van der Waals surface area contributed by atoms with Crippen LogP contribution in [0.1, 0.15) is 36.6 Å². The standard InChI is InChI=1S/C18H29N5O.HI/c1-13(2)11-20-18(19-9-8-16-7-6-10-24-16)21-12-17-14(3)22-23(5)15(17)4;/h6-7,10,13H,8-9,11-12H2,1-5H3,(H2,19,20,21);1H. The molecule has 6 nitrogen and oxygen atoms in total. The van der Waals surface area contributed by atoms with Crippen LogP contribution in [0.4, 0.5) is 0 Å². The summed E-state index contributed by atoms with van der Waals surface area (Å²) in [5.74, 6) is 2.37. The van der Waals surface area contributed by atoms with Gasteiger partial charge in [0.15, 0.2) is 5.96 Å². The minimum atomic E-state index is 0. The average Bonchev–Trinajstić information content (AvgIpc) is 3.12. The number of nitrogens with one attached hydrogen (secondary N) is 2. The molecule has 25 heavy (non-hydrogen) atoms. The fraction of sp³-hybridized carbons (Fsp3) is 0.556. The van der Waals surface area contributed by atoms with Gasteiger partial charge in [0, 0.05) is 37.8 Å². The monoisotopic (exact) mass is 459 g/mol. The number of halogens is 1. The molecular weight excluding hydrogens is 429 g/mol. The molecule has 0 saturated heterocycles. The summed E-state index contributed by atoms with van der Waals surface area (Å²) >= 11 is 0. The zero-order valence-electron chi connectivity index (χ0n) is 15.8. The van der Waals surface area contributed by atoms with Crippen molar-refractivity contribution in [1.29, 1.82) is 0 Å². The number of furan rings is 1. The van der Waals surface area contributed by atoms with Crippen molar-refractivity contribution in [3.8, 4) is 0 Å². The van der Waals surface area contributed by atoms with Crippen LogP contribution in [0.2, 0.25) is 0 Å². The zero-order chi connectivity index (χ0) is 17.5. The zero-order valence-corrected chi connectivity index (χ0v) is 18.1. The van der Waals surface area contributed by atoms with Gasteiger partial charge in [-0.15, -0.1) is 24.0 Å². The van der Waals surface area contributed by atoms with Crippen molar-refractivity contribution in [1.82, 2.24) is 20.4 Å². The Bertz CT molecular complexity index is 661. The first kappa shape index (κ1) is 21.5. The summed E-state index contributed by atoms with van der Waals surface area (Å²) in [5, 5.41) is 11.2. The van der Waals surface area contributed by atoms with Crippen molar-refractivity contribution < 1.29 is 4.42 Å². The van der Waals surface area contributed by atoms with Gasteiger partial charge in [-0.05, 0) is 31.9 Å². The van der Waals surface area contributed by atoms with Crippen molar-refractivity contribution in [3.63, 3.8) is 0 Å². The lowest BCUT2D eigenvalue weighted by Gasteiger charge is -2.14. The van der Waals surface area contributed by atoms with Gasteiger partial charge in [-0.2, -0.15) is 5.10 Å². The Morgan fingerprint density at radius 2 is 2.08 bits per heavy atom. The number of hydrogen-bond acceptors (Lipinski definition) is 3. The van der Waals surface area contributed by atoms with Crippen molar-refractivity contribution in [2.24, 2.45) is 18.0 Å². The lowest BCUT2D eigenvalue weighted by molar-refractivity contribution is 0.506. The van der Waals surface area contributed by atoms with Crippen LogP contribution in [-0.4, -0.2) is 28.8 Å². The molecule has 0 amide bonds. The first-order chi connectivity index (χ1) is 11.5. The van der Waals surface area contributed by atoms with Gasteiger partial charge < -0.3 is 15.1 Å². The fourth-order valence-electron chi connectivity index (χ4n) is 2.44. The topological polar surface area (TPSA) is 67.4 Å². The number of aliphatic imine (C=N–C) groups is 1. The predicted octanol–water partition coefficient (Wildman–Crippen LogP) is 3.18. The molecule has 7 heteroatoms. The van der Waals surface area contributed by atoms with Crippen molar-refractivity contribution in [3.05, 3.63) is 41.1 Å². The van der Waals surface area contributed by atoms with Gasteiger partial charge in [0.25, 0.3) is 0 Å². The number of aryl methyl sites for hydroxylation is 2. The summed E-state index contributed by atoms with van der Waals surface area (Å²) in [6.07, 6.45) is 2.54. The third-order valence-corrected chi connectivity index (χ3v) is 3.98. The van der Waals surface area contributed by atoms with Crippen molar-refractivity contribution in [2.75, 3.05) is 13.1 Å². The number of aromatic nitrogens is 2. The summed E-state index contributed by atoms with van der Waals surface area (Å²) in [7, 11) is 1.97. The SMILES string of the molecule is Cc1nn(C)c(C)c1CN=C(NCCc1ccco1)NCC(C)C.I. The molecule has 0 unspecified atom stereocenters. The Labute approximate surface area is 167 Å². The molecule has 0 saturated carbocycles. The summed E-state index contributed by atoms with van der Waals surface area (Å²) < 4.78 is 7.27. The molecule has 0 aliphatic carbocycles. The Hall–Kier alpha value is -1.51. The summed E-state index contributed by atoms with van der Waals surface area (Å²) in [5.41, 5.74) is 3.39. The second-order valence-corrected chi connectivity index (χ2v) is 6.47. The van der Waals surface area contributed by atoms with Crippen LogP contribution in [0, 0.1) is 19.8 Å². The Morgan fingerprint density at radius 3 is 2.64 bits per heavy atom. The molecule has 0 fully saturated rings. The van der Waals surface area contributed by atoms with Gasteiger partial charge in [-0.1, -0.05) is 13.8 Å². The second-order valence-electron chi connectivity index (χ2n) is 6.47. The molecule has 0 aromatic carbocycles. The molecule has 2 rings (SSSR count). The molecule has 2 N–H and O–H groups in total. The van der Waals surface area contributed by atoms with Gasteiger partial charge in [0.1, 0.15) is 5.76 Å². The second kappa shape index (κ2) is 10.5. The Kier molecular flexibility index (Phi) is 9.02. The minimum absolute atomic E-state index is 0. The summed E-state index contributed by atoms with van der Waals surface area (Å²) in [6, 6.07) is 3.90. The molecule has 0 radical (unpaired) electrons. The van der Waals surface area contributed by atoms with E-state index in [4.69, 9.17) is 9.41 Å². The molecule has 2 aromatic heterocycles. The number of hydrogen-bond donors (Lipinski definition) is 2. The molecule has 2 heterocycles. The highest BCUT2D eigenvalue weighted by atomic mass is 127. The van der Waals surface area contributed by atoms with Crippen LogP contribution in [0.3, 0.4) is 0 Å². The van der Waals surface area contributed by atoms with Gasteiger partial charge in [0.05, 0.1) is 18.5 Å². The number of guanidine groups is 1. The number of nitrogens with zero attached hydrogens (tertiary/aromatic N) is 3. The van der Waals surface area contributed by atoms with E-state index in [9.17, 15) is 0 Å². The molecule has 0 bridgehead atoms. The van der Waals surface area contributed by atoms with E-state index in [2.05, 4.69) is 36.5 Å². The van der Waals surface area contributed by atoms with Gasteiger partial charge in [-0.3, -0.25) is 4.68 Å². The number of rotatable bonds is 7. The molecule has 0 spiro atoms. The van der Waals surface area contributed by atoms with E-state index in [1.165, 1.54) is 5.56 Å². The lowest BCUT2D eigenvalue weighted by Crippen LogP contribution is -2.40. The molecule has 2 aromatic rings. The molecular formula is C18H30IN5O. The highest BCUT2D eigenvalue weighted by molar-refractivity contribution is 14.0. The summed E-state index contributed by atoms with van der Waals surface area (Å²) in [4.78, 5) is 4.73. The predicted molar refractivity (Wildman–Crippen MR) is 112 cm³/mol. The molecule has 140 valence electrons. The first-order valence-electron chi connectivity index (χ1n) is 8.51. The molecule has 0 aliphatic rings. The Balaban J connectivity index is 0.00000312. The largest absolute Gasteiger partial charge is 0.469 e. The van der Waals surface area contributed by atoms with E-state index in [0.29, 0.717) is 12.5 Å². The van der Waals surface area contributed by atoms with E-state index < -0.39 is 0 Å². The normalized spacial score (nSPS) is 11.5. The van der Waals surface area contributed by atoms with Crippen LogP contribution in [0.25, 0.3) is 0 Å². The van der Waals surface area contributed by atoms with Crippen LogP contribution in [0.15, 0.2) is 27.8 Å². The lowest BCUT2D eigenvalue weighted by atomic mass is 10.2. The van der Waals surface area contributed by atoms with Gasteiger partial charge in [-0.25, -0.2) is 4.99 Å². The van der Waals surface area contributed by atoms with E-state index in [1.54, 1.807) is 6.26 Å². The van der Waals surface area contributed by atoms with Gasteiger partial charge in [0.2, 0.25) is 0 Å². The maximum atomic E-state index is 5.37. The van der Waals surface area contributed by atoms with E-state index >= 15 is 0 Å². The van der Waals surface area contributed by atoms with E-state index in [0.717, 1.165) is 42.6 Å². The minimum Gasteiger partial charge on any atom is -0.469 e. The highest BCUT2D eigenvalue weighted by Gasteiger charge is 2.09. The maximum absolute atomic E-state index is 5.37. The third kappa shape index (κ3) is 6.72. The van der Waals surface area contributed by atoms with Crippen LogP contribution in [-0.2, 0) is 20.0 Å². The average molecular weight is 459 g/mol. The van der Waals surface area contributed by atoms with Crippen LogP contribution in [0.5, 0.6) is 0 Å². The summed E-state index contributed by atoms with van der Waals surface area (Å²) in [6.45, 7) is 10.8. The molecule has 0 aliphatic heterocycles.